The first-order chi connectivity index (χ1) is 7.13. The summed E-state index contributed by atoms with van der Waals surface area (Å²) in [5.74, 6) is 2.86. The molecule has 0 saturated heterocycles. The Hall–Kier alpha value is -1.29. The largest absolute Gasteiger partial charge is 0.466 e. The van der Waals surface area contributed by atoms with Crippen LogP contribution in [-0.2, 0) is 5.88 Å². The third-order valence-corrected chi connectivity index (χ3v) is 2.60. The van der Waals surface area contributed by atoms with Gasteiger partial charge < -0.3 is 8.94 Å². The van der Waals surface area contributed by atoms with Gasteiger partial charge in [-0.3, -0.25) is 0 Å². The van der Waals surface area contributed by atoms with Crippen LogP contribution >= 0.6 is 11.6 Å². The zero-order valence-corrected chi connectivity index (χ0v) is 9.55. The van der Waals surface area contributed by atoms with Crippen molar-refractivity contribution < 1.29 is 8.94 Å². The highest BCUT2D eigenvalue weighted by atomic mass is 35.5. The molecule has 0 atom stereocenters. The topological polar surface area (TPSA) is 52.1 Å². The Bertz CT molecular complexity index is 488. The van der Waals surface area contributed by atoms with Crippen molar-refractivity contribution in [3.63, 3.8) is 0 Å². The molecule has 0 aliphatic rings. The van der Waals surface area contributed by atoms with Crippen LogP contribution < -0.4 is 0 Å². The molecule has 0 fully saturated rings. The number of furan rings is 1. The van der Waals surface area contributed by atoms with Gasteiger partial charge in [-0.2, -0.15) is 4.98 Å². The molecule has 0 aromatic carbocycles. The van der Waals surface area contributed by atoms with Crippen molar-refractivity contribution in [3.8, 4) is 11.5 Å². The highest BCUT2D eigenvalue weighted by Crippen LogP contribution is 2.30. The Balaban J connectivity index is 2.53. The molecule has 0 spiro atoms. The van der Waals surface area contributed by atoms with Crippen LogP contribution in [0.2, 0.25) is 0 Å². The summed E-state index contributed by atoms with van der Waals surface area (Å²) in [5.41, 5.74) is 1.90. The summed E-state index contributed by atoms with van der Waals surface area (Å²) >= 11 is 5.60. The number of alkyl halides is 1. The maximum atomic E-state index is 5.60. The maximum Gasteiger partial charge on any atom is 0.261 e. The Labute approximate surface area is 92.2 Å². The van der Waals surface area contributed by atoms with E-state index in [9.17, 15) is 0 Å². The van der Waals surface area contributed by atoms with Gasteiger partial charge in [0.25, 0.3) is 5.89 Å². The van der Waals surface area contributed by atoms with Gasteiger partial charge in [0, 0.05) is 5.56 Å². The van der Waals surface area contributed by atoms with Crippen LogP contribution in [0.4, 0.5) is 0 Å². The summed E-state index contributed by atoms with van der Waals surface area (Å²) in [7, 11) is 0. The molecule has 0 unspecified atom stereocenters. The van der Waals surface area contributed by atoms with Crippen LogP contribution in [-0.4, -0.2) is 10.1 Å². The van der Waals surface area contributed by atoms with Crippen molar-refractivity contribution in [2.45, 2.75) is 26.7 Å². The van der Waals surface area contributed by atoms with Crippen molar-refractivity contribution in [2.24, 2.45) is 0 Å². The molecule has 4 nitrogen and oxygen atoms in total. The number of rotatable bonds is 2. The first kappa shape index (κ1) is 10.2. The van der Waals surface area contributed by atoms with E-state index in [-0.39, 0.29) is 5.88 Å². The first-order valence-electron chi connectivity index (χ1n) is 4.59. The molecule has 0 bridgehead atoms. The average molecular weight is 227 g/mol. The molecule has 0 amide bonds. The predicted octanol–water partition coefficient (Wildman–Crippen LogP) is 2.99. The molecule has 0 saturated carbocycles. The van der Waals surface area contributed by atoms with Crippen LogP contribution in [0.15, 0.2) is 8.94 Å². The zero-order chi connectivity index (χ0) is 11.0. The van der Waals surface area contributed by atoms with Crippen molar-refractivity contribution in [1.82, 2.24) is 10.1 Å². The van der Waals surface area contributed by atoms with Crippen molar-refractivity contribution in [1.29, 1.82) is 0 Å². The summed E-state index contributed by atoms with van der Waals surface area (Å²) < 4.78 is 10.6. The van der Waals surface area contributed by atoms with Gasteiger partial charge in [-0.15, -0.1) is 11.6 Å². The van der Waals surface area contributed by atoms with Crippen LogP contribution in [0.3, 0.4) is 0 Å². The van der Waals surface area contributed by atoms with Crippen LogP contribution in [0.1, 0.15) is 22.9 Å². The second-order valence-electron chi connectivity index (χ2n) is 3.36. The van der Waals surface area contributed by atoms with E-state index in [4.69, 9.17) is 20.5 Å². The lowest BCUT2D eigenvalue weighted by Gasteiger charge is -1.91. The SMILES string of the molecule is Cc1oc(C)c(-c2nc(CCl)no2)c1C. The lowest BCUT2D eigenvalue weighted by Crippen LogP contribution is -1.83. The Morgan fingerprint density at radius 1 is 1.20 bits per heavy atom. The van der Waals surface area contributed by atoms with E-state index in [2.05, 4.69) is 10.1 Å². The van der Waals surface area contributed by atoms with Crippen LogP contribution in [0, 0.1) is 20.8 Å². The van der Waals surface area contributed by atoms with E-state index in [0.717, 1.165) is 22.6 Å². The molecule has 0 radical (unpaired) electrons. The summed E-state index contributed by atoms with van der Waals surface area (Å²) in [5, 5.41) is 3.74. The van der Waals surface area contributed by atoms with Gasteiger partial charge >= 0.3 is 0 Å². The second-order valence-corrected chi connectivity index (χ2v) is 3.63. The summed E-state index contributed by atoms with van der Waals surface area (Å²) in [6.45, 7) is 5.75. The Morgan fingerprint density at radius 3 is 2.40 bits per heavy atom. The molecule has 2 heterocycles. The predicted molar refractivity (Wildman–Crippen MR) is 55.8 cm³/mol. The molecule has 2 aromatic rings. The lowest BCUT2D eigenvalue weighted by atomic mass is 10.1. The monoisotopic (exact) mass is 226 g/mol. The number of halogens is 1. The maximum absolute atomic E-state index is 5.60. The van der Waals surface area contributed by atoms with E-state index in [0.29, 0.717) is 11.7 Å². The van der Waals surface area contributed by atoms with Gasteiger partial charge in [-0.25, -0.2) is 0 Å². The van der Waals surface area contributed by atoms with Gasteiger partial charge in [0.15, 0.2) is 5.82 Å². The first-order valence-corrected chi connectivity index (χ1v) is 5.12. The molecular formula is C10H11ClN2O2. The third kappa shape index (κ3) is 1.65. The van der Waals surface area contributed by atoms with E-state index in [1.165, 1.54) is 0 Å². The highest BCUT2D eigenvalue weighted by molar-refractivity contribution is 6.16. The molecule has 0 aliphatic carbocycles. The molecular weight excluding hydrogens is 216 g/mol. The normalized spacial score (nSPS) is 10.9. The molecule has 0 N–H and O–H groups in total. The van der Waals surface area contributed by atoms with Gasteiger partial charge in [0.2, 0.25) is 0 Å². The quantitative estimate of drug-likeness (QED) is 0.739. The molecule has 2 rings (SSSR count). The van der Waals surface area contributed by atoms with Crippen LogP contribution in [0.25, 0.3) is 11.5 Å². The minimum Gasteiger partial charge on any atom is -0.466 e. The van der Waals surface area contributed by atoms with E-state index < -0.39 is 0 Å². The number of aromatic nitrogens is 2. The number of hydrogen-bond acceptors (Lipinski definition) is 4. The Kier molecular flexibility index (Phi) is 2.52. The average Bonchev–Trinajstić information content (AvgIpc) is 2.74. The minimum absolute atomic E-state index is 0.248. The van der Waals surface area contributed by atoms with Crippen molar-refractivity contribution in [2.75, 3.05) is 0 Å². The molecule has 5 heteroatoms. The molecule has 15 heavy (non-hydrogen) atoms. The van der Waals surface area contributed by atoms with Gasteiger partial charge in [-0.05, 0) is 20.8 Å². The minimum atomic E-state index is 0.248. The summed E-state index contributed by atoms with van der Waals surface area (Å²) in [4.78, 5) is 4.16. The van der Waals surface area contributed by atoms with E-state index in [1.54, 1.807) is 0 Å². The van der Waals surface area contributed by atoms with Crippen molar-refractivity contribution >= 4 is 11.6 Å². The smallest absolute Gasteiger partial charge is 0.261 e. The van der Waals surface area contributed by atoms with Gasteiger partial charge in [0.05, 0.1) is 11.4 Å². The summed E-state index contributed by atoms with van der Waals surface area (Å²) in [6, 6.07) is 0. The fraction of sp³-hybridized carbons (Fsp3) is 0.400. The second kappa shape index (κ2) is 3.70. The third-order valence-electron chi connectivity index (χ3n) is 2.36. The summed E-state index contributed by atoms with van der Waals surface area (Å²) in [6.07, 6.45) is 0. The lowest BCUT2D eigenvalue weighted by molar-refractivity contribution is 0.423. The molecule has 0 aliphatic heterocycles. The zero-order valence-electron chi connectivity index (χ0n) is 8.80. The van der Waals surface area contributed by atoms with Crippen LogP contribution in [0.5, 0.6) is 0 Å². The van der Waals surface area contributed by atoms with E-state index in [1.807, 2.05) is 20.8 Å². The highest BCUT2D eigenvalue weighted by Gasteiger charge is 2.18. The fourth-order valence-electron chi connectivity index (χ4n) is 1.52. The van der Waals surface area contributed by atoms with E-state index >= 15 is 0 Å². The number of hydrogen-bond donors (Lipinski definition) is 0. The number of nitrogens with zero attached hydrogens (tertiary/aromatic N) is 2. The van der Waals surface area contributed by atoms with Gasteiger partial charge in [-0.1, -0.05) is 5.16 Å². The van der Waals surface area contributed by atoms with Gasteiger partial charge in [0.1, 0.15) is 11.5 Å². The molecule has 80 valence electrons. The fourth-order valence-corrected chi connectivity index (χ4v) is 1.63. The standard InChI is InChI=1S/C10H11ClN2O2/c1-5-6(2)14-7(3)9(5)10-12-8(4-11)13-15-10/h4H2,1-3H3. The molecule has 2 aromatic heterocycles. The Morgan fingerprint density at radius 2 is 1.93 bits per heavy atom. The number of aryl methyl sites for hydroxylation is 2. The van der Waals surface area contributed by atoms with Crippen molar-refractivity contribution in [3.05, 3.63) is 22.9 Å².